The van der Waals surface area contributed by atoms with Crippen LogP contribution in [0.2, 0.25) is 5.28 Å². The van der Waals surface area contributed by atoms with E-state index in [2.05, 4.69) is 9.97 Å². The summed E-state index contributed by atoms with van der Waals surface area (Å²) in [6.45, 7) is 1.62. The van der Waals surface area contributed by atoms with Crippen molar-refractivity contribution in [1.29, 1.82) is 0 Å². The third-order valence-corrected chi connectivity index (χ3v) is 5.71. The van der Waals surface area contributed by atoms with Crippen molar-refractivity contribution < 1.29 is 22.7 Å². The first-order valence-electron chi connectivity index (χ1n) is 9.91. The molecule has 170 valence electrons. The summed E-state index contributed by atoms with van der Waals surface area (Å²) in [4.78, 5) is 18.1. The second-order valence-corrected chi connectivity index (χ2v) is 8.37. The monoisotopic (exact) mass is 448 g/mol. The van der Waals surface area contributed by atoms with Crippen LogP contribution in [0.25, 0.3) is 6.08 Å². The molecule has 4 nitrogen and oxygen atoms in total. The van der Waals surface area contributed by atoms with Crippen LogP contribution in [-0.2, 0) is 4.79 Å². The van der Waals surface area contributed by atoms with Crippen molar-refractivity contribution in [3.63, 3.8) is 0 Å². The third kappa shape index (κ3) is 8.62. The van der Waals surface area contributed by atoms with Gasteiger partial charge in [-0.15, -0.1) is 0 Å². The predicted octanol–water partition coefficient (Wildman–Crippen LogP) is 6.72. The maximum absolute atomic E-state index is 13.1. The molecule has 1 heterocycles. The van der Waals surface area contributed by atoms with Gasteiger partial charge in [0.1, 0.15) is 17.6 Å². The highest BCUT2D eigenvalue weighted by molar-refractivity contribution is 6.28. The van der Waals surface area contributed by atoms with Crippen molar-refractivity contribution in [2.75, 3.05) is 7.11 Å². The molecule has 0 amide bonds. The van der Waals surface area contributed by atoms with Crippen LogP contribution in [0.1, 0.15) is 71.4 Å². The number of carbonyl (C=O) groups excluding carboxylic acids is 1. The van der Waals surface area contributed by atoms with Gasteiger partial charge in [-0.1, -0.05) is 13.5 Å². The van der Waals surface area contributed by atoms with Gasteiger partial charge in [0.05, 0.1) is 13.3 Å². The van der Waals surface area contributed by atoms with Gasteiger partial charge in [0.2, 0.25) is 11.2 Å². The molecule has 2 fully saturated rings. The average molecular weight is 449 g/mol. The first kappa shape index (κ1) is 26.4. The van der Waals surface area contributed by atoms with Gasteiger partial charge in [0, 0.05) is 18.8 Å². The van der Waals surface area contributed by atoms with Crippen LogP contribution >= 0.6 is 11.6 Å². The van der Waals surface area contributed by atoms with E-state index >= 15 is 0 Å². The minimum absolute atomic E-state index is 0. The van der Waals surface area contributed by atoms with E-state index in [0.29, 0.717) is 37.1 Å². The highest BCUT2D eigenvalue weighted by atomic mass is 35.5. The van der Waals surface area contributed by atoms with E-state index in [1.165, 1.54) is 13.3 Å². The smallest absolute Gasteiger partial charge is 0.248 e. The van der Waals surface area contributed by atoms with Crippen molar-refractivity contribution >= 4 is 24.0 Å². The maximum Gasteiger partial charge on any atom is 0.248 e. The van der Waals surface area contributed by atoms with Crippen LogP contribution in [0.5, 0.6) is 5.75 Å². The summed E-state index contributed by atoms with van der Waals surface area (Å²) < 4.78 is 44.2. The Morgan fingerprint density at radius 2 is 1.67 bits per heavy atom. The van der Waals surface area contributed by atoms with E-state index in [1.54, 1.807) is 13.0 Å². The molecule has 0 radical (unpaired) electrons. The predicted molar refractivity (Wildman–Crippen MR) is 114 cm³/mol. The fraction of sp³-hybridized carbons (Fsp3) is 0.682. The van der Waals surface area contributed by atoms with Crippen molar-refractivity contribution in [1.82, 2.24) is 9.97 Å². The molecule has 1 aromatic heterocycles. The van der Waals surface area contributed by atoms with Crippen molar-refractivity contribution in [3.8, 4) is 5.75 Å². The van der Waals surface area contributed by atoms with E-state index in [0.717, 1.165) is 19.1 Å². The topological polar surface area (TPSA) is 52.1 Å². The molecule has 2 saturated carbocycles. The molecule has 2 aliphatic carbocycles. The van der Waals surface area contributed by atoms with Gasteiger partial charge in [-0.25, -0.2) is 23.1 Å². The number of ether oxygens (including phenoxy) is 1. The largest absolute Gasteiger partial charge is 0.493 e. The molecule has 0 atom stereocenters. The second kappa shape index (κ2) is 11.7. The molecule has 0 bridgehead atoms. The molecule has 1 aromatic rings. The lowest BCUT2D eigenvalue weighted by molar-refractivity contribution is -0.112. The van der Waals surface area contributed by atoms with Gasteiger partial charge in [0.25, 0.3) is 0 Å². The summed E-state index contributed by atoms with van der Waals surface area (Å²) in [6, 6.07) is 0. The zero-order valence-electron chi connectivity index (χ0n) is 16.8. The fourth-order valence-electron chi connectivity index (χ4n) is 3.50. The molecule has 0 N–H and O–H groups in total. The molecule has 0 spiro atoms. The number of allylic oxidation sites excluding steroid dienone is 1. The summed E-state index contributed by atoms with van der Waals surface area (Å²) in [5.74, 6) is -1.70. The molecular formula is C22H32ClF3N2O2. The number of nitrogens with zero attached hydrogens (tertiary/aromatic N) is 2. The molecule has 0 saturated heterocycles. The SMILES string of the molecule is C.CC1(F)CCC(C=O)CC1.COc1cnc(Cl)nc1/C=C/C1CCC(F)(F)CC1. The minimum atomic E-state index is -2.50. The lowest BCUT2D eigenvalue weighted by atomic mass is 9.82. The number of halogens is 4. The van der Waals surface area contributed by atoms with Crippen LogP contribution < -0.4 is 4.74 Å². The zero-order valence-corrected chi connectivity index (χ0v) is 17.6. The molecule has 8 heteroatoms. The van der Waals surface area contributed by atoms with Crippen molar-refractivity contribution in [3.05, 3.63) is 23.3 Å². The molecule has 3 rings (SSSR count). The molecule has 0 aromatic carbocycles. The molecular weight excluding hydrogens is 417 g/mol. The van der Waals surface area contributed by atoms with Gasteiger partial charge >= 0.3 is 0 Å². The quantitative estimate of drug-likeness (QED) is 0.379. The van der Waals surface area contributed by atoms with E-state index in [4.69, 9.17) is 16.3 Å². The lowest BCUT2D eigenvalue weighted by Gasteiger charge is -2.28. The van der Waals surface area contributed by atoms with Crippen LogP contribution in [0.3, 0.4) is 0 Å². The van der Waals surface area contributed by atoms with E-state index in [-0.39, 0.29) is 37.4 Å². The Kier molecular flexibility index (Phi) is 10.3. The highest BCUT2D eigenvalue weighted by Gasteiger charge is 2.34. The molecule has 0 unspecified atom stereocenters. The highest BCUT2D eigenvalue weighted by Crippen LogP contribution is 2.37. The van der Waals surface area contributed by atoms with Crippen LogP contribution in [-0.4, -0.2) is 35.0 Å². The summed E-state index contributed by atoms with van der Waals surface area (Å²) in [5, 5.41) is 0.135. The Balaban J connectivity index is 0.000000348. The molecule has 2 aliphatic rings. The van der Waals surface area contributed by atoms with Gasteiger partial charge in [-0.2, -0.15) is 0 Å². The second-order valence-electron chi connectivity index (χ2n) is 8.03. The summed E-state index contributed by atoms with van der Waals surface area (Å²) in [6.07, 6.45) is 9.55. The van der Waals surface area contributed by atoms with Crippen molar-refractivity contribution in [2.24, 2.45) is 11.8 Å². The number of methoxy groups -OCH3 is 1. The normalized spacial score (nSPS) is 26.3. The Morgan fingerprint density at radius 3 is 2.20 bits per heavy atom. The van der Waals surface area contributed by atoms with Crippen LogP contribution in [0.15, 0.2) is 12.3 Å². The number of aromatic nitrogens is 2. The third-order valence-electron chi connectivity index (χ3n) is 5.53. The van der Waals surface area contributed by atoms with Crippen LogP contribution in [0.4, 0.5) is 13.2 Å². The van der Waals surface area contributed by atoms with E-state index in [1.807, 2.05) is 6.08 Å². The number of rotatable bonds is 4. The first-order valence-corrected chi connectivity index (χ1v) is 10.3. The van der Waals surface area contributed by atoms with Crippen LogP contribution in [0, 0.1) is 11.8 Å². The average Bonchev–Trinajstić information content (AvgIpc) is 2.68. The number of aldehydes is 1. The summed E-state index contributed by atoms with van der Waals surface area (Å²) in [7, 11) is 1.52. The number of carbonyl (C=O) groups is 1. The van der Waals surface area contributed by atoms with Gasteiger partial charge in [0.15, 0.2) is 5.75 Å². The first-order chi connectivity index (χ1) is 13.6. The molecule has 0 aliphatic heterocycles. The summed E-state index contributed by atoms with van der Waals surface area (Å²) in [5.41, 5.74) is -0.431. The number of hydrogen-bond acceptors (Lipinski definition) is 4. The summed E-state index contributed by atoms with van der Waals surface area (Å²) >= 11 is 5.72. The van der Waals surface area contributed by atoms with E-state index < -0.39 is 11.6 Å². The minimum Gasteiger partial charge on any atom is -0.493 e. The number of hydrogen-bond donors (Lipinski definition) is 0. The Hall–Kier alpha value is -1.63. The maximum atomic E-state index is 13.1. The van der Waals surface area contributed by atoms with Crippen molar-refractivity contribution in [2.45, 2.75) is 77.3 Å². The van der Waals surface area contributed by atoms with Gasteiger partial charge < -0.3 is 9.53 Å². The Labute approximate surface area is 182 Å². The zero-order chi connectivity index (χ0) is 21.5. The van der Waals surface area contributed by atoms with E-state index in [9.17, 15) is 18.0 Å². The number of alkyl halides is 3. The molecule has 30 heavy (non-hydrogen) atoms. The standard InChI is InChI=1S/C13H15ClF2N2O.C8H13FO.CH4/c1-19-11-8-17-12(14)18-10(11)3-2-9-4-6-13(15,16)7-5-9;1-8(9)4-2-7(6-10)3-5-8;/h2-3,8-9H,4-7H2,1H3;6-7H,2-5H2,1H3;1H4/b3-2+;;. The fourth-order valence-corrected chi connectivity index (χ4v) is 3.64. The lowest BCUT2D eigenvalue weighted by Crippen LogP contribution is -2.26. The Bertz CT molecular complexity index is 694. The Morgan fingerprint density at radius 1 is 1.10 bits per heavy atom. The van der Waals surface area contributed by atoms with Gasteiger partial charge in [-0.3, -0.25) is 0 Å². The van der Waals surface area contributed by atoms with Gasteiger partial charge in [-0.05, 0) is 69.0 Å².